The molecule has 0 amide bonds. The average molecular weight is 260 g/mol. The van der Waals surface area contributed by atoms with Crippen LogP contribution < -0.4 is 4.74 Å². The van der Waals surface area contributed by atoms with Crippen molar-refractivity contribution in [1.82, 2.24) is 20.2 Å². The van der Waals surface area contributed by atoms with Crippen molar-refractivity contribution in [3.05, 3.63) is 23.3 Å². The maximum absolute atomic E-state index is 5.64. The molecule has 0 fully saturated rings. The summed E-state index contributed by atoms with van der Waals surface area (Å²) in [5.74, 6) is 0.807. The van der Waals surface area contributed by atoms with Crippen LogP contribution in [0.3, 0.4) is 0 Å². The van der Waals surface area contributed by atoms with Gasteiger partial charge in [0.2, 0.25) is 0 Å². The fraction of sp³-hybridized carbons (Fsp3) is 0.250. The molecule has 0 aliphatic carbocycles. The van der Waals surface area contributed by atoms with E-state index in [4.69, 9.17) is 4.74 Å². The van der Waals surface area contributed by atoms with Gasteiger partial charge in [0.1, 0.15) is 11.3 Å². The number of H-pyrrole nitrogens is 1. The minimum absolute atomic E-state index is 0.649. The molecule has 1 N–H and O–H groups in total. The summed E-state index contributed by atoms with van der Waals surface area (Å²) < 4.78 is 5.64. The second-order valence-corrected chi connectivity index (χ2v) is 4.73. The topological polar surface area (TPSA) is 63.7 Å². The summed E-state index contributed by atoms with van der Waals surface area (Å²) in [6, 6.07) is 0. The molecule has 3 aromatic rings. The van der Waals surface area contributed by atoms with Crippen molar-refractivity contribution in [1.29, 1.82) is 0 Å². The van der Waals surface area contributed by atoms with Crippen LogP contribution in [0.4, 0.5) is 0 Å². The van der Waals surface area contributed by atoms with Gasteiger partial charge in [0.25, 0.3) is 0 Å². The molecule has 18 heavy (non-hydrogen) atoms. The fourth-order valence-electron chi connectivity index (χ4n) is 1.84. The van der Waals surface area contributed by atoms with Crippen molar-refractivity contribution in [2.45, 2.75) is 13.8 Å². The van der Waals surface area contributed by atoms with Gasteiger partial charge in [-0.2, -0.15) is 10.2 Å². The number of aromatic amines is 1. The maximum atomic E-state index is 5.64. The molecule has 6 heteroatoms. The highest BCUT2D eigenvalue weighted by atomic mass is 32.1. The van der Waals surface area contributed by atoms with Gasteiger partial charge in [0.05, 0.1) is 30.1 Å². The van der Waals surface area contributed by atoms with Gasteiger partial charge >= 0.3 is 0 Å². The predicted molar refractivity (Wildman–Crippen MR) is 70.9 cm³/mol. The molecular weight excluding hydrogens is 248 g/mol. The molecule has 0 aliphatic heterocycles. The molecule has 0 aliphatic rings. The van der Waals surface area contributed by atoms with E-state index in [-0.39, 0.29) is 0 Å². The van der Waals surface area contributed by atoms with Crippen LogP contribution in [0.15, 0.2) is 17.8 Å². The summed E-state index contributed by atoms with van der Waals surface area (Å²) in [6.45, 7) is 4.68. The Bertz CT molecular complexity index is 655. The van der Waals surface area contributed by atoms with Crippen LogP contribution in [0.1, 0.15) is 12.5 Å². The third-order valence-electron chi connectivity index (χ3n) is 2.65. The highest BCUT2D eigenvalue weighted by Gasteiger charge is 2.15. The Morgan fingerprint density at radius 2 is 2.17 bits per heavy atom. The van der Waals surface area contributed by atoms with E-state index in [9.17, 15) is 0 Å². The zero-order valence-electron chi connectivity index (χ0n) is 10.1. The van der Waals surface area contributed by atoms with Gasteiger partial charge in [-0.15, -0.1) is 11.3 Å². The molecular formula is C12H12N4OS. The van der Waals surface area contributed by atoms with Crippen molar-refractivity contribution >= 4 is 22.4 Å². The molecule has 5 nitrogen and oxygen atoms in total. The van der Waals surface area contributed by atoms with Crippen molar-refractivity contribution in [2.24, 2.45) is 0 Å². The van der Waals surface area contributed by atoms with Gasteiger partial charge in [-0.3, -0.25) is 0 Å². The van der Waals surface area contributed by atoms with Crippen molar-refractivity contribution < 1.29 is 4.74 Å². The Morgan fingerprint density at radius 1 is 1.33 bits per heavy atom. The monoisotopic (exact) mass is 260 g/mol. The summed E-state index contributed by atoms with van der Waals surface area (Å²) in [4.78, 5) is 7.78. The summed E-state index contributed by atoms with van der Waals surface area (Å²) in [6.07, 6.45) is 3.32. The number of aromatic nitrogens is 4. The van der Waals surface area contributed by atoms with Crippen molar-refractivity contribution in [3.8, 4) is 16.5 Å². The first-order valence-corrected chi connectivity index (χ1v) is 6.55. The zero-order valence-corrected chi connectivity index (χ0v) is 10.9. The minimum atomic E-state index is 0.649. The van der Waals surface area contributed by atoms with E-state index in [1.807, 2.05) is 6.92 Å². The maximum Gasteiger partial charge on any atom is 0.185 e. The normalized spacial score (nSPS) is 11.0. The average Bonchev–Trinajstić information content (AvgIpc) is 2.93. The van der Waals surface area contributed by atoms with E-state index in [0.717, 1.165) is 33.0 Å². The van der Waals surface area contributed by atoms with E-state index in [1.54, 1.807) is 23.7 Å². The number of hydrogen-bond donors (Lipinski definition) is 1. The number of aryl methyl sites for hydroxylation is 1. The molecule has 0 saturated carbocycles. The summed E-state index contributed by atoms with van der Waals surface area (Å²) in [5, 5.41) is 10.6. The number of nitrogens with one attached hydrogen (secondary N) is 1. The fourth-order valence-corrected chi connectivity index (χ4v) is 2.80. The second kappa shape index (κ2) is 4.38. The lowest BCUT2D eigenvalue weighted by atomic mass is 10.2. The van der Waals surface area contributed by atoms with Gasteiger partial charge in [-0.25, -0.2) is 4.98 Å². The number of fused-ring (bicyclic) bond motifs is 1. The third kappa shape index (κ3) is 1.74. The lowest BCUT2D eigenvalue weighted by Gasteiger charge is -2.02. The molecule has 0 radical (unpaired) electrons. The van der Waals surface area contributed by atoms with Gasteiger partial charge in [-0.05, 0) is 24.8 Å². The standard InChI is InChI=1S/C12H12N4OS/c1-3-17-12-10(7(2)6-18-12)11-15-8-4-13-14-5-9(8)16-11/h4-6H,3H2,1-2H3,(H,15,16). The van der Waals surface area contributed by atoms with Gasteiger partial charge in [0, 0.05) is 0 Å². The van der Waals surface area contributed by atoms with Crippen LogP contribution in [0, 0.1) is 6.92 Å². The van der Waals surface area contributed by atoms with Crippen LogP contribution in [0.2, 0.25) is 0 Å². The van der Waals surface area contributed by atoms with Crippen molar-refractivity contribution in [3.63, 3.8) is 0 Å². The Morgan fingerprint density at radius 3 is 2.94 bits per heavy atom. The Labute approximate surface area is 108 Å². The van der Waals surface area contributed by atoms with Gasteiger partial charge < -0.3 is 9.72 Å². The predicted octanol–water partition coefficient (Wildman–Crippen LogP) is 2.79. The van der Waals surface area contributed by atoms with E-state index < -0.39 is 0 Å². The van der Waals surface area contributed by atoms with Crippen LogP contribution in [0.25, 0.3) is 22.4 Å². The first kappa shape index (κ1) is 11.2. The number of ether oxygens (including phenoxy) is 1. The molecule has 0 saturated heterocycles. The summed E-state index contributed by atoms with van der Waals surface area (Å²) in [5.41, 5.74) is 3.88. The first-order valence-electron chi connectivity index (χ1n) is 5.67. The molecule has 0 atom stereocenters. The molecule has 3 heterocycles. The number of hydrogen-bond acceptors (Lipinski definition) is 5. The zero-order chi connectivity index (χ0) is 12.5. The van der Waals surface area contributed by atoms with Gasteiger partial charge in [-0.1, -0.05) is 0 Å². The molecule has 3 aromatic heterocycles. The smallest absolute Gasteiger partial charge is 0.185 e. The number of imidazole rings is 1. The molecule has 3 rings (SSSR count). The molecule has 92 valence electrons. The van der Waals surface area contributed by atoms with E-state index in [1.165, 1.54) is 0 Å². The van der Waals surface area contributed by atoms with E-state index in [0.29, 0.717) is 6.61 Å². The molecule has 0 spiro atoms. The number of rotatable bonds is 3. The van der Waals surface area contributed by atoms with Crippen LogP contribution in [-0.2, 0) is 0 Å². The van der Waals surface area contributed by atoms with Gasteiger partial charge in [0.15, 0.2) is 5.06 Å². The largest absolute Gasteiger partial charge is 0.484 e. The number of thiophene rings is 1. The highest BCUT2D eigenvalue weighted by molar-refractivity contribution is 7.12. The molecule has 0 aromatic carbocycles. The van der Waals surface area contributed by atoms with E-state index >= 15 is 0 Å². The summed E-state index contributed by atoms with van der Waals surface area (Å²) in [7, 11) is 0. The SMILES string of the molecule is CCOc1scc(C)c1-c1nc2cnncc2[nH]1. The van der Waals surface area contributed by atoms with E-state index in [2.05, 4.69) is 32.5 Å². The third-order valence-corrected chi connectivity index (χ3v) is 3.66. The first-order chi connectivity index (χ1) is 8.79. The lowest BCUT2D eigenvalue weighted by Crippen LogP contribution is -1.92. The lowest BCUT2D eigenvalue weighted by molar-refractivity contribution is 0.351. The Hall–Kier alpha value is -1.95. The van der Waals surface area contributed by atoms with Crippen LogP contribution in [-0.4, -0.2) is 26.8 Å². The summed E-state index contributed by atoms with van der Waals surface area (Å²) >= 11 is 1.59. The molecule has 0 bridgehead atoms. The quantitative estimate of drug-likeness (QED) is 0.786. The second-order valence-electron chi connectivity index (χ2n) is 3.89. The Balaban J connectivity index is 2.16. The van der Waals surface area contributed by atoms with Crippen LogP contribution in [0.5, 0.6) is 5.06 Å². The highest BCUT2D eigenvalue weighted by Crippen LogP contribution is 2.38. The number of nitrogens with zero attached hydrogens (tertiary/aromatic N) is 3. The Kier molecular flexibility index (Phi) is 2.71. The van der Waals surface area contributed by atoms with Crippen molar-refractivity contribution in [2.75, 3.05) is 6.61 Å². The minimum Gasteiger partial charge on any atom is -0.484 e. The van der Waals surface area contributed by atoms with Crippen LogP contribution >= 0.6 is 11.3 Å². The molecule has 0 unspecified atom stereocenters.